The van der Waals surface area contributed by atoms with Crippen LogP contribution in [0, 0.1) is 12.7 Å². The average molecular weight is 377 g/mol. The molecule has 28 heavy (non-hydrogen) atoms. The van der Waals surface area contributed by atoms with E-state index in [9.17, 15) is 9.18 Å². The molecule has 3 heterocycles. The zero-order valence-electron chi connectivity index (χ0n) is 15.8. The molecule has 0 saturated carbocycles. The molecular weight excluding hydrogens is 357 g/mol. The molecule has 0 aliphatic carbocycles. The van der Waals surface area contributed by atoms with Crippen molar-refractivity contribution in [2.24, 2.45) is 0 Å². The fourth-order valence-corrected chi connectivity index (χ4v) is 3.24. The molecular formula is C21H20FN5O. The molecule has 4 rings (SSSR count). The highest BCUT2D eigenvalue weighted by Gasteiger charge is 2.15. The Bertz CT molecular complexity index is 1230. The van der Waals surface area contributed by atoms with Crippen LogP contribution in [0.4, 0.5) is 15.8 Å². The zero-order chi connectivity index (χ0) is 19.8. The van der Waals surface area contributed by atoms with E-state index in [1.165, 1.54) is 6.07 Å². The van der Waals surface area contributed by atoms with Gasteiger partial charge in [-0.3, -0.25) is 9.89 Å². The van der Waals surface area contributed by atoms with Crippen molar-refractivity contribution in [1.82, 2.24) is 20.2 Å². The van der Waals surface area contributed by atoms with Gasteiger partial charge >= 0.3 is 0 Å². The second kappa shape index (κ2) is 6.92. The lowest BCUT2D eigenvalue weighted by molar-refractivity contribution is 0.619. The largest absolute Gasteiger partial charge is 0.353 e. The molecule has 7 heteroatoms. The standard InChI is InChI=1S/C21H20FN5O/c1-11(2)19-18(25-17-6-7-23-20-15(17)10-24-27-20)9-14(21(28)26-19)13-4-5-16(22)12(3)8-13/h4-11H,1-3H3,(H,26,28)(H2,23,24,25,27). The average Bonchev–Trinajstić information content (AvgIpc) is 3.15. The molecule has 0 saturated heterocycles. The van der Waals surface area contributed by atoms with Crippen molar-refractivity contribution in [3.8, 4) is 11.1 Å². The Morgan fingerprint density at radius 3 is 2.71 bits per heavy atom. The van der Waals surface area contributed by atoms with Crippen molar-refractivity contribution < 1.29 is 4.39 Å². The Labute approximate surface area is 160 Å². The molecule has 0 amide bonds. The van der Waals surface area contributed by atoms with Gasteiger partial charge in [0.05, 0.1) is 23.0 Å². The van der Waals surface area contributed by atoms with Gasteiger partial charge in [0, 0.05) is 17.5 Å². The second-order valence-electron chi connectivity index (χ2n) is 7.07. The first-order chi connectivity index (χ1) is 13.4. The number of nitrogens with one attached hydrogen (secondary N) is 3. The Kier molecular flexibility index (Phi) is 4.43. The summed E-state index contributed by atoms with van der Waals surface area (Å²) in [4.78, 5) is 19.9. The molecule has 0 bridgehead atoms. The first kappa shape index (κ1) is 17.9. The van der Waals surface area contributed by atoms with E-state index >= 15 is 0 Å². The minimum Gasteiger partial charge on any atom is -0.353 e. The van der Waals surface area contributed by atoms with E-state index in [2.05, 4.69) is 25.5 Å². The summed E-state index contributed by atoms with van der Waals surface area (Å²) in [6, 6.07) is 8.35. The summed E-state index contributed by atoms with van der Waals surface area (Å²) >= 11 is 0. The van der Waals surface area contributed by atoms with Crippen LogP contribution in [-0.2, 0) is 0 Å². The van der Waals surface area contributed by atoms with Crippen LogP contribution in [0.3, 0.4) is 0 Å². The molecule has 0 radical (unpaired) electrons. The number of rotatable bonds is 4. The van der Waals surface area contributed by atoms with Crippen molar-refractivity contribution in [2.75, 3.05) is 5.32 Å². The van der Waals surface area contributed by atoms with E-state index in [0.29, 0.717) is 22.3 Å². The highest BCUT2D eigenvalue weighted by molar-refractivity contribution is 5.90. The van der Waals surface area contributed by atoms with Gasteiger partial charge in [0.2, 0.25) is 0 Å². The van der Waals surface area contributed by atoms with Gasteiger partial charge in [-0.25, -0.2) is 9.37 Å². The maximum atomic E-state index is 13.7. The molecule has 0 spiro atoms. The van der Waals surface area contributed by atoms with Crippen molar-refractivity contribution in [1.29, 1.82) is 0 Å². The van der Waals surface area contributed by atoms with Gasteiger partial charge < -0.3 is 10.3 Å². The van der Waals surface area contributed by atoms with Crippen LogP contribution in [0.1, 0.15) is 31.0 Å². The van der Waals surface area contributed by atoms with Crippen LogP contribution < -0.4 is 10.9 Å². The topological polar surface area (TPSA) is 86.5 Å². The third-order valence-corrected chi connectivity index (χ3v) is 4.74. The van der Waals surface area contributed by atoms with Crippen molar-refractivity contribution in [3.63, 3.8) is 0 Å². The highest BCUT2D eigenvalue weighted by Crippen LogP contribution is 2.31. The summed E-state index contributed by atoms with van der Waals surface area (Å²) in [5.41, 5.74) is 4.51. The summed E-state index contributed by atoms with van der Waals surface area (Å²) in [7, 11) is 0. The summed E-state index contributed by atoms with van der Waals surface area (Å²) in [6.45, 7) is 5.71. The first-order valence-electron chi connectivity index (χ1n) is 9.03. The van der Waals surface area contributed by atoms with Gasteiger partial charge in [-0.05, 0) is 48.2 Å². The molecule has 0 unspecified atom stereocenters. The van der Waals surface area contributed by atoms with E-state index < -0.39 is 0 Å². The number of benzene rings is 1. The number of aryl methyl sites for hydroxylation is 1. The van der Waals surface area contributed by atoms with Gasteiger partial charge in [0.1, 0.15) is 5.82 Å². The number of aromatic nitrogens is 4. The summed E-state index contributed by atoms with van der Waals surface area (Å²) in [5, 5.41) is 11.1. The van der Waals surface area contributed by atoms with Gasteiger partial charge in [-0.15, -0.1) is 0 Å². The number of pyridine rings is 2. The van der Waals surface area contributed by atoms with Gasteiger partial charge in [-0.2, -0.15) is 5.10 Å². The number of hydrogen-bond acceptors (Lipinski definition) is 4. The number of fused-ring (bicyclic) bond motifs is 1. The Morgan fingerprint density at radius 2 is 1.96 bits per heavy atom. The third-order valence-electron chi connectivity index (χ3n) is 4.74. The summed E-state index contributed by atoms with van der Waals surface area (Å²) < 4.78 is 13.7. The maximum Gasteiger partial charge on any atom is 0.256 e. The van der Waals surface area contributed by atoms with E-state index in [4.69, 9.17) is 0 Å². The normalized spacial score (nSPS) is 11.3. The molecule has 3 aromatic heterocycles. The summed E-state index contributed by atoms with van der Waals surface area (Å²) in [5.74, 6) is -0.197. The SMILES string of the molecule is Cc1cc(-c2cc(Nc3ccnc4[nH]ncc34)c(C(C)C)[nH]c2=O)ccc1F. The number of anilines is 2. The van der Waals surface area contributed by atoms with Crippen LogP contribution >= 0.6 is 0 Å². The molecule has 0 atom stereocenters. The number of hydrogen-bond donors (Lipinski definition) is 3. The smallest absolute Gasteiger partial charge is 0.256 e. The number of aromatic amines is 2. The van der Waals surface area contributed by atoms with Crippen molar-refractivity contribution in [3.05, 3.63) is 70.2 Å². The Hall–Kier alpha value is -3.48. The lowest BCUT2D eigenvalue weighted by atomic mass is 10.0. The predicted octanol–water partition coefficient (Wildman–Crippen LogP) is 4.63. The quantitative estimate of drug-likeness (QED) is 0.484. The van der Waals surface area contributed by atoms with Crippen molar-refractivity contribution >= 4 is 22.4 Å². The number of nitrogens with zero attached hydrogens (tertiary/aromatic N) is 2. The van der Waals surface area contributed by atoms with Crippen molar-refractivity contribution in [2.45, 2.75) is 26.7 Å². The minimum atomic E-state index is -0.295. The molecule has 3 N–H and O–H groups in total. The number of H-pyrrole nitrogens is 2. The fraction of sp³-hybridized carbons (Fsp3) is 0.190. The van der Waals surface area contributed by atoms with Crippen LogP contribution in [0.2, 0.25) is 0 Å². The molecule has 0 fully saturated rings. The molecule has 142 valence electrons. The Balaban J connectivity index is 1.86. The van der Waals surface area contributed by atoms with E-state index in [-0.39, 0.29) is 17.3 Å². The minimum absolute atomic E-state index is 0.0980. The molecule has 0 aliphatic heterocycles. The monoisotopic (exact) mass is 377 g/mol. The molecule has 0 aliphatic rings. The van der Waals surface area contributed by atoms with Crippen LogP contribution in [0.5, 0.6) is 0 Å². The third kappa shape index (κ3) is 3.15. The maximum absolute atomic E-state index is 13.7. The van der Waals surface area contributed by atoms with Gasteiger partial charge in [0.25, 0.3) is 5.56 Å². The van der Waals surface area contributed by atoms with E-state index in [1.807, 2.05) is 26.0 Å². The van der Waals surface area contributed by atoms with Gasteiger partial charge in [-0.1, -0.05) is 19.9 Å². The molecule has 4 aromatic rings. The molecule has 6 nitrogen and oxygen atoms in total. The molecule has 1 aromatic carbocycles. The lowest BCUT2D eigenvalue weighted by Gasteiger charge is -2.16. The van der Waals surface area contributed by atoms with Gasteiger partial charge in [0.15, 0.2) is 5.65 Å². The van der Waals surface area contributed by atoms with E-state index in [1.54, 1.807) is 31.5 Å². The number of halogens is 1. The Morgan fingerprint density at radius 1 is 1.14 bits per heavy atom. The second-order valence-corrected chi connectivity index (χ2v) is 7.07. The fourth-order valence-electron chi connectivity index (χ4n) is 3.24. The summed E-state index contributed by atoms with van der Waals surface area (Å²) in [6.07, 6.45) is 3.39. The van der Waals surface area contributed by atoms with E-state index in [0.717, 1.165) is 22.5 Å². The lowest BCUT2D eigenvalue weighted by Crippen LogP contribution is -2.15. The van der Waals surface area contributed by atoms with Crippen LogP contribution in [0.15, 0.2) is 47.5 Å². The zero-order valence-corrected chi connectivity index (χ0v) is 15.8. The van der Waals surface area contributed by atoms with Crippen LogP contribution in [-0.4, -0.2) is 20.2 Å². The highest BCUT2D eigenvalue weighted by atomic mass is 19.1. The first-order valence-corrected chi connectivity index (χ1v) is 9.03. The van der Waals surface area contributed by atoms with Crippen LogP contribution in [0.25, 0.3) is 22.2 Å². The predicted molar refractivity (Wildman–Crippen MR) is 108 cm³/mol.